The number of carboxylic acid groups (broad SMARTS) is 1. The molecule has 0 amide bonds. The van der Waals surface area contributed by atoms with Crippen LogP contribution in [0.15, 0.2) is 18.3 Å². The molecule has 4 nitrogen and oxygen atoms in total. The molecule has 1 heterocycles. The lowest BCUT2D eigenvalue weighted by Crippen LogP contribution is -2.11. The maximum atomic E-state index is 10.7. The highest BCUT2D eigenvalue weighted by Crippen LogP contribution is 2.01. The monoisotopic (exact) mass is 167 g/mol. The number of hydrogen-bond acceptors (Lipinski definition) is 2. The molecule has 64 valence electrons. The van der Waals surface area contributed by atoms with Crippen molar-refractivity contribution in [2.45, 2.75) is 13.5 Å². The number of carbonyl (C=O) groups is 2. The van der Waals surface area contributed by atoms with Crippen LogP contribution in [0.5, 0.6) is 0 Å². The van der Waals surface area contributed by atoms with Crippen molar-refractivity contribution >= 4 is 11.8 Å². The van der Waals surface area contributed by atoms with Crippen molar-refractivity contribution in [2.75, 3.05) is 0 Å². The summed E-state index contributed by atoms with van der Waals surface area (Å²) in [6.45, 7) is 1.54. The Kier molecular flexibility index (Phi) is 2.28. The highest BCUT2D eigenvalue weighted by Gasteiger charge is 2.08. The minimum Gasteiger partial charge on any atom is -0.477 e. The first kappa shape index (κ1) is 8.52. The minimum atomic E-state index is -1.01. The molecule has 0 atom stereocenters. The number of Topliss-reactive ketones (excluding diaryl/α,β-unsaturated/α-hetero) is 1. The second kappa shape index (κ2) is 3.21. The number of hydrogen-bond donors (Lipinski definition) is 1. The van der Waals surface area contributed by atoms with Gasteiger partial charge in [-0.2, -0.15) is 0 Å². The molecule has 0 unspecified atom stereocenters. The van der Waals surface area contributed by atoms with E-state index in [0.717, 1.165) is 0 Å². The highest BCUT2D eigenvalue weighted by molar-refractivity contribution is 5.86. The fraction of sp³-hybridized carbons (Fsp3) is 0.250. The van der Waals surface area contributed by atoms with Crippen molar-refractivity contribution < 1.29 is 14.7 Å². The van der Waals surface area contributed by atoms with Gasteiger partial charge in [-0.25, -0.2) is 4.79 Å². The number of aromatic carboxylic acids is 1. The first-order valence-corrected chi connectivity index (χ1v) is 3.49. The van der Waals surface area contributed by atoms with Gasteiger partial charge in [0, 0.05) is 6.20 Å². The van der Waals surface area contributed by atoms with Gasteiger partial charge < -0.3 is 9.67 Å². The SMILES string of the molecule is CC(=O)Cn1cccc1C(=O)O. The summed E-state index contributed by atoms with van der Waals surface area (Å²) in [4.78, 5) is 21.2. The Labute approximate surface area is 69.4 Å². The summed E-state index contributed by atoms with van der Waals surface area (Å²) in [6.07, 6.45) is 1.57. The Morgan fingerprint density at radius 1 is 1.58 bits per heavy atom. The van der Waals surface area contributed by atoms with E-state index in [1.54, 1.807) is 12.3 Å². The van der Waals surface area contributed by atoms with Gasteiger partial charge in [0.2, 0.25) is 0 Å². The third-order valence-electron chi connectivity index (χ3n) is 1.44. The molecule has 1 aromatic rings. The lowest BCUT2D eigenvalue weighted by Gasteiger charge is -2.01. The first-order valence-electron chi connectivity index (χ1n) is 3.49. The van der Waals surface area contributed by atoms with Gasteiger partial charge in [0.15, 0.2) is 0 Å². The first-order chi connectivity index (χ1) is 5.61. The van der Waals surface area contributed by atoms with Crippen molar-refractivity contribution in [3.05, 3.63) is 24.0 Å². The zero-order chi connectivity index (χ0) is 9.14. The second-order valence-corrected chi connectivity index (χ2v) is 2.53. The normalized spacial score (nSPS) is 9.75. The molecule has 0 radical (unpaired) electrons. The summed E-state index contributed by atoms with van der Waals surface area (Å²) in [7, 11) is 0. The third kappa shape index (κ3) is 1.72. The number of carbonyl (C=O) groups excluding carboxylic acids is 1. The predicted molar refractivity (Wildman–Crippen MR) is 42.1 cm³/mol. The summed E-state index contributed by atoms with van der Waals surface area (Å²) in [5.74, 6) is -1.07. The smallest absolute Gasteiger partial charge is 0.352 e. The fourth-order valence-corrected chi connectivity index (χ4v) is 0.986. The van der Waals surface area contributed by atoms with Crippen LogP contribution < -0.4 is 0 Å². The molecule has 12 heavy (non-hydrogen) atoms. The van der Waals surface area contributed by atoms with Crippen molar-refractivity contribution in [1.82, 2.24) is 4.57 Å². The Morgan fingerprint density at radius 3 is 2.75 bits per heavy atom. The molecule has 0 aliphatic heterocycles. The number of rotatable bonds is 3. The molecule has 1 rings (SSSR count). The molecule has 0 spiro atoms. The fourth-order valence-electron chi connectivity index (χ4n) is 0.986. The van der Waals surface area contributed by atoms with Crippen molar-refractivity contribution in [3.8, 4) is 0 Å². The molecule has 0 aliphatic rings. The summed E-state index contributed by atoms with van der Waals surface area (Å²) >= 11 is 0. The Balaban J connectivity index is 2.91. The van der Waals surface area contributed by atoms with Gasteiger partial charge in [0.05, 0.1) is 6.54 Å². The van der Waals surface area contributed by atoms with Crippen LogP contribution in [0.1, 0.15) is 17.4 Å². The van der Waals surface area contributed by atoms with Crippen molar-refractivity contribution in [2.24, 2.45) is 0 Å². The van der Waals surface area contributed by atoms with Crippen molar-refractivity contribution in [1.29, 1.82) is 0 Å². The molecule has 4 heteroatoms. The molecule has 0 saturated heterocycles. The van der Waals surface area contributed by atoms with Crippen molar-refractivity contribution in [3.63, 3.8) is 0 Å². The number of carboxylic acids is 1. The molecule has 1 aromatic heterocycles. The molecule has 1 N–H and O–H groups in total. The Morgan fingerprint density at radius 2 is 2.25 bits per heavy atom. The van der Waals surface area contributed by atoms with E-state index >= 15 is 0 Å². The molecular weight excluding hydrogens is 158 g/mol. The van der Waals surface area contributed by atoms with E-state index in [1.807, 2.05) is 0 Å². The van der Waals surface area contributed by atoms with Crippen LogP contribution in [0.2, 0.25) is 0 Å². The predicted octanol–water partition coefficient (Wildman–Crippen LogP) is 0.775. The Hall–Kier alpha value is -1.58. The van der Waals surface area contributed by atoms with E-state index in [4.69, 9.17) is 5.11 Å². The molecule has 0 fully saturated rings. The molecular formula is C8H9NO3. The quantitative estimate of drug-likeness (QED) is 0.723. The van der Waals surface area contributed by atoms with Gasteiger partial charge in [-0.15, -0.1) is 0 Å². The van der Waals surface area contributed by atoms with Crippen LogP contribution in [0.3, 0.4) is 0 Å². The lowest BCUT2D eigenvalue weighted by molar-refractivity contribution is -0.117. The van der Waals surface area contributed by atoms with Gasteiger partial charge in [-0.1, -0.05) is 0 Å². The summed E-state index contributed by atoms with van der Waals surface area (Å²) < 4.78 is 1.41. The van der Waals surface area contributed by atoms with E-state index in [0.29, 0.717) is 0 Å². The summed E-state index contributed by atoms with van der Waals surface area (Å²) in [6, 6.07) is 3.07. The number of nitrogens with zero attached hydrogens (tertiary/aromatic N) is 1. The van der Waals surface area contributed by atoms with Gasteiger partial charge in [-0.05, 0) is 19.1 Å². The van der Waals surface area contributed by atoms with E-state index in [1.165, 1.54) is 17.6 Å². The highest BCUT2D eigenvalue weighted by atomic mass is 16.4. The van der Waals surface area contributed by atoms with Crippen LogP contribution in [-0.4, -0.2) is 21.4 Å². The van der Waals surface area contributed by atoms with E-state index in [2.05, 4.69) is 0 Å². The van der Waals surface area contributed by atoms with Crippen LogP contribution in [0, 0.1) is 0 Å². The average Bonchev–Trinajstić information content (AvgIpc) is 2.33. The maximum absolute atomic E-state index is 10.7. The molecule has 0 saturated carbocycles. The molecule has 0 bridgehead atoms. The summed E-state index contributed by atoms with van der Waals surface area (Å²) in [5, 5.41) is 8.64. The minimum absolute atomic E-state index is 0.0614. The lowest BCUT2D eigenvalue weighted by atomic mass is 10.4. The second-order valence-electron chi connectivity index (χ2n) is 2.53. The van der Waals surface area contributed by atoms with Gasteiger partial charge >= 0.3 is 5.97 Å². The number of aromatic nitrogens is 1. The maximum Gasteiger partial charge on any atom is 0.352 e. The average molecular weight is 167 g/mol. The van der Waals surface area contributed by atoms with Crippen LogP contribution in [-0.2, 0) is 11.3 Å². The number of ketones is 1. The van der Waals surface area contributed by atoms with E-state index < -0.39 is 5.97 Å². The zero-order valence-electron chi connectivity index (χ0n) is 6.65. The standard InChI is InChI=1S/C8H9NO3/c1-6(10)5-9-4-2-3-7(9)8(11)12/h2-4H,5H2,1H3,(H,11,12). The Bertz CT molecular complexity index is 314. The third-order valence-corrected chi connectivity index (χ3v) is 1.44. The largest absolute Gasteiger partial charge is 0.477 e. The van der Waals surface area contributed by atoms with E-state index in [-0.39, 0.29) is 18.0 Å². The molecule has 0 aliphatic carbocycles. The van der Waals surface area contributed by atoms with Gasteiger partial charge in [0.1, 0.15) is 11.5 Å². The van der Waals surface area contributed by atoms with Gasteiger partial charge in [-0.3, -0.25) is 4.79 Å². The topological polar surface area (TPSA) is 59.3 Å². The zero-order valence-corrected chi connectivity index (χ0v) is 6.65. The van der Waals surface area contributed by atoms with Gasteiger partial charge in [0.25, 0.3) is 0 Å². The van der Waals surface area contributed by atoms with Crippen LogP contribution in [0.25, 0.3) is 0 Å². The van der Waals surface area contributed by atoms with Crippen LogP contribution in [0.4, 0.5) is 0 Å². The van der Waals surface area contributed by atoms with E-state index in [9.17, 15) is 9.59 Å². The molecule has 0 aromatic carbocycles. The summed E-state index contributed by atoms with van der Waals surface area (Å²) in [5.41, 5.74) is 0.144. The van der Waals surface area contributed by atoms with Crippen LogP contribution >= 0.6 is 0 Å².